The average molecular weight is 1090 g/mol. The monoisotopic (exact) mass is 1090 g/mol. The van der Waals surface area contributed by atoms with Gasteiger partial charge in [0.2, 0.25) is 0 Å². The molecular weight excluding hydrogens is 1070 g/mol. The van der Waals surface area contributed by atoms with Gasteiger partial charge in [-0.1, -0.05) is 60.7 Å². The summed E-state index contributed by atoms with van der Waals surface area (Å²) in [5, 5.41) is 0. The molecule has 0 radical (unpaired) electrons. The molecule has 5 rings (SSSR count). The molecule has 0 aliphatic heterocycles. The fourth-order valence-corrected chi connectivity index (χ4v) is 8.81. The minimum absolute atomic E-state index is 0.304. The molecule has 0 atom stereocenters. The van der Waals surface area contributed by atoms with Crippen molar-refractivity contribution in [3.63, 3.8) is 0 Å². The molecule has 0 spiro atoms. The first-order valence-corrected chi connectivity index (χ1v) is 22.9. The quantitative estimate of drug-likeness (QED) is 0.0925. The Kier molecular flexibility index (Phi) is 15.9. The number of hydrogen-bond donors (Lipinski definition) is 0. The van der Waals surface area contributed by atoms with Crippen molar-refractivity contribution in [3.8, 4) is 0 Å². The minimum atomic E-state index is -6.13. The van der Waals surface area contributed by atoms with Crippen LogP contribution >= 0.6 is 0 Å². The summed E-state index contributed by atoms with van der Waals surface area (Å²) in [6.45, 7) is 0. The number of hydrogen-bond acceptors (Lipinski definition) is 2. The lowest BCUT2D eigenvalue weighted by Gasteiger charge is -2.46. The van der Waals surface area contributed by atoms with E-state index in [1.165, 1.54) is 6.26 Å². The average Bonchev–Trinajstić information content (AvgIpc) is 3.18. The van der Waals surface area contributed by atoms with Crippen LogP contribution in [0.3, 0.4) is 0 Å². The smallest absolute Gasteiger partial charge is 0.224 e. The second kappa shape index (κ2) is 19.3. The Labute approximate surface area is 387 Å². The van der Waals surface area contributed by atoms with Gasteiger partial charge in [0.15, 0.2) is 9.84 Å². The van der Waals surface area contributed by atoms with Crippen LogP contribution < -0.4 is 21.9 Å². The van der Waals surface area contributed by atoms with E-state index in [-0.39, 0.29) is 0 Å². The number of halogens is 24. The summed E-state index contributed by atoms with van der Waals surface area (Å²) in [5.74, 6) is 0.948. The van der Waals surface area contributed by atoms with Crippen molar-refractivity contribution >= 4 is 48.7 Å². The van der Waals surface area contributed by atoms with Gasteiger partial charge < -0.3 is 0 Å². The topological polar surface area (TPSA) is 34.1 Å². The fourth-order valence-electron chi connectivity index (χ4n) is 7.27. The van der Waals surface area contributed by atoms with Gasteiger partial charge in [-0.05, 0) is 47.3 Å². The first kappa shape index (κ1) is 58.4. The summed E-state index contributed by atoms with van der Waals surface area (Å²) in [7, 11) is -2.75. The number of benzene rings is 5. The Morgan fingerprint density at radius 1 is 0.366 bits per heavy atom. The highest BCUT2D eigenvalue weighted by Gasteiger charge is 2.47. The number of alkyl halides is 24. The lowest BCUT2D eigenvalue weighted by Crippen LogP contribution is -2.75. The van der Waals surface area contributed by atoms with E-state index in [0.717, 1.165) is 11.3 Å². The highest BCUT2D eigenvalue weighted by Crippen LogP contribution is 2.41. The molecule has 390 valence electrons. The van der Waals surface area contributed by atoms with Crippen LogP contribution in [0.1, 0.15) is 50.1 Å². The summed E-state index contributed by atoms with van der Waals surface area (Å²) in [6, 6.07) is -1.62. The largest absolute Gasteiger partial charge is 0.416 e. The molecule has 0 aliphatic carbocycles. The molecule has 2 nitrogen and oxygen atoms in total. The Hall–Kier alpha value is -5.22. The zero-order valence-corrected chi connectivity index (χ0v) is 36.9. The molecule has 71 heavy (non-hydrogen) atoms. The van der Waals surface area contributed by atoms with Crippen molar-refractivity contribution in [1.29, 1.82) is 0 Å². The first-order valence-electron chi connectivity index (χ1n) is 18.8. The van der Waals surface area contributed by atoms with Gasteiger partial charge in [0, 0.05) is 11.8 Å². The minimum Gasteiger partial charge on any atom is -0.224 e. The molecule has 0 unspecified atom stereocenters. The summed E-state index contributed by atoms with van der Waals surface area (Å²) in [4.78, 5) is 0.417. The normalized spacial score (nSPS) is 13.9. The van der Waals surface area contributed by atoms with E-state index in [9.17, 15) is 114 Å². The van der Waals surface area contributed by atoms with E-state index in [2.05, 4.69) is 12.5 Å². The third-order valence-corrected chi connectivity index (χ3v) is 12.2. The van der Waals surface area contributed by atoms with Gasteiger partial charge in [-0.2, -0.15) is 127 Å². The van der Waals surface area contributed by atoms with E-state index in [4.69, 9.17) is 0 Å². The Bertz CT molecular complexity index is 2410. The van der Waals surface area contributed by atoms with E-state index in [1.54, 1.807) is 18.2 Å². The maximum Gasteiger partial charge on any atom is 0.416 e. The van der Waals surface area contributed by atoms with Crippen LogP contribution in [-0.2, 0) is 75.9 Å². The van der Waals surface area contributed by atoms with Crippen molar-refractivity contribution in [2.75, 3.05) is 18.8 Å². The van der Waals surface area contributed by atoms with Gasteiger partial charge in [0.25, 0.3) is 0 Å². The summed E-state index contributed by atoms with van der Waals surface area (Å²) < 4.78 is 363. The lowest BCUT2D eigenvalue weighted by molar-refractivity contribution is -0.144. The standard InChI is InChI=1S/C32H12BF24.C10H15O2S2/c34-25(35,36)13-1-14(26(37,38)39)6-21(5-13)33(22-7-15(27(40,41)42)2-16(8-22)28(43,44)45,23-9-17(29(46,47)48)3-18(10-23)30(49,50)51)24-11-19(31(52,53)54)4-20(12-24)32(55,56)57;1-13(2)8-9-5-4-6-10(7-9)14(3,11)12/h1-12H;4-7H,8H2,1-3H3/q-1;+1. The van der Waals surface area contributed by atoms with Crippen molar-refractivity contribution in [3.05, 3.63) is 147 Å². The molecule has 0 aromatic heterocycles. The predicted molar refractivity (Wildman–Crippen MR) is 213 cm³/mol. The van der Waals surface area contributed by atoms with Gasteiger partial charge in [-0.15, -0.1) is 0 Å². The van der Waals surface area contributed by atoms with Gasteiger partial charge >= 0.3 is 49.4 Å². The van der Waals surface area contributed by atoms with Crippen molar-refractivity contribution in [1.82, 2.24) is 0 Å². The highest BCUT2D eigenvalue weighted by molar-refractivity contribution is 7.94. The maximum atomic E-state index is 14.2. The molecule has 0 bridgehead atoms. The van der Waals surface area contributed by atoms with Crippen LogP contribution in [0.4, 0.5) is 105 Å². The van der Waals surface area contributed by atoms with Crippen molar-refractivity contribution < 1.29 is 114 Å². The summed E-state index contributed by atoms with van der Waals surface area (Å²) in [6.07, 6.45) is -49.3. The van der Waals surface area contributed by atoms with E-state index in [0.29, 0.717) is 15.8 Å². The SMILES string of the molecule is C[S+](C)Cc1cccc(S(C)(=O)=O)c1.FC(F)(F)c1cc([B-](c2cc(C(F)(F)F)cc(C(F)(F)F)c2)(c2cc(C(F)(F)F)cc(C(F)(F)F)c2)c2cc(C(F)(F)F)cc(C(F)(F)F)c2)cc(C(F)(F)F)c1. The zero-order valence-electron chi connectivity index (χ0n) is 35.2. The second-order valence-electron chi connectivity index (χ2n) is 15.8. The molecule has 0 fully saturated rings. The molecule has 5 aromatic rings. The molecule has 0 amide bonds. The third-order valence-electron chi connectivity index (χ3n) is 10.2. The van der Waals surface area contributed by atoms with Crippen molar-refractivity contribution in [2.24, 2.45) is 0 Å². The Morgan fingerprint density at radius 3 is 0.746 bits per heavy atom. The zero-order chi connectivity index (χ0) is 54.7. The van der Waals surface area contributed by atoms with Gasteiger partial charge in [-0.25, -0.2) is 8.42 Å². The fraction of sp³-hybridized carbons (Fsp3) is 0.286. The Morgan fingerprint density at radius 2 is 0.577 bits per heavy atom. The van der Waals surface area contributed by atoms with Crippen LogP contribution in [-0.4, -0.2) is 33.3 Å². The van der Waals surface area contributed by atoms with Crippen LogP contribution in [0.15, 0.2) is 102 Å². The van der Waals surface area contributed by atoms with Crippen LogP contribution in [0.2, 0.25) is 0 Å². The molecule has 0 heterocycles. The molecule has 5 aromatic carbocycles. The van der Waals surface area contributed by atoms with Gasteiger partial charge in [-0.3, -0.25) is 0 Å². The molecular formula is C42H27BF24O2S2. The molecule has 0 saturated heterocycles. The van der Waals surface area contributed by atoms with Crippen LogP contribution in [0.5, 0.6) is 0 Å². The molecule has 0 saturated carbocycles. The van der Waals surface area contributed by atoms with Crippen LogP contribution in [0.25, 0.3) is 0 Å². The number of sulfone groups is 1. The van der Waals surface area contributed by atoms with Crippen LogP contribution in [0, 0.1) is 0 Å². The molecule has 0 aliphatic rings. The molecule has 29 heteroatoms. The van der Waals surface area contributed by atoms with E-state index >= 15 is 0 Å². The highest BCUT2D eigenvalue weighted by atomic mass is 32.2. The van der Waals surface area contributed by atoms with Gasteiger partial charge in [0.1, 0.15) is 11.9 Å². The number of rotatable bonds is 7. The lowest BCUT2D eigenvalue weighted by atomic mass is 9.12. The summed E-state index contributed by atoms with van der Waals surface area (Å²) in [5.41, 5.74) is -29.1. The summed E-state index contributed by atoms with van der Waals surface area (Å²) >= 11 is 0. The first-order chi connectivity index (χ1) is 31.7. The predicted octanol–water partition coefficient (Wildman–Crippen LogP) is 12.7. The van der Waals surface area contributed by atoms with Crippen molar-refractivity contribution in [2.45, 2.75) is 60.1 Å². The second-order valence-corrected chi connectivity index (χ2v) is 20.0. The molecule has 0 N–H and O–H groups in total. The Balaban J connectivity index is 0.000000671. The van der Waals surface area contributed by atoms with Gasteiger partial charge in [0.05, 0.1) is 61.9 Å². The van der Waals surface area contributed by atoms with E-state index in [1.807, 2.05) is 6.07 Å². The third kappa shape index (κ3) is 14.1. The maximum absolute atomic E-state index is 14.2. The van der Waals surface area contributed by atoms with E-state index < -0.39 is 205 Å².